The summed E-state index contributed by atoms with van der Waals surface area (Å²) in [5.41, 5.74) is 12.9. The number of aryl methyl sites for hydroxylation is 1. The van der Waals surface area contributed by atoms with Gasteiger partial charge in [-0.2, -0.15) is 4.57 Å². The number of unbranched alkanes of at least 4 members (excludes halogenated alkanes) is 1. The molecule has 48 heavy (non-hydrogen) atoms. The van der Waals surface area contributed by atoms with Crippen LogP contribution in [-0.2, 0) is 17.4 Å². The lowest BCUT2D eigenvalue weighted by Gasteiger charge is -2.46. The van der Waals surface area contributed by atoms with Gasteiger partial charge in [0.2, 0.25) is 5.69 Å². The first-order chi connectivity index (χ1) is 23.4. The molecule has 0 saturated heterocycles. The van der Waals surface area contributed by atoms with Crippen LogP contribution in [0.5, 0.6) is 0 Å². The van der Waals surface area contributed by atoms with Crippen molar-refractivity contribution < 1.29 is 4.57 Å². The maximum atomic E-state index is 5.20. The van der Waals surface area contributed by atoms with Crippen LogP contribution in [-0.4, -0.2) is 9.97 Å². The lowest BCUT2D eigenvalue weighted by atomic mass is 9.60. The summed E-state index contributed by atoms with van der Waals surface area (Å²) in [6.07, 6.45) is 7.85. The summed E-state index contributed by atoms with van der Waals surface area (Å²) in [4.78, 5) is 10.3. The summed E-state index contributed by atoms with van der Waals surface area (Å²) in [7, 11) is 0. The highest BCUT2D eigenvalue weighted by atomic mass is 15.1. The molecule has 6 aromatic rings. The first kappa shape index (κ1) is 31.7. The molecule has 0 aliphatic carbocycles. The number of aromatic nitrogens is 3. The van der Waals surface area contributed by atoms with Crippen molar-refractivity contribution in [1.82, 2.24) is 9.97 Å². The van der Waals surface area contributed by atoms with Gasteiger partial charge in [0.15, 0.2) is 17.6 Å². The Morgan fingerprint density at radius 2 is 1.27 bits per heavy atom. The van der Waals surface area contributed by atoms with Crippen molar-refractivity contribution in [3.8, 4) is 56.3 Å². The van der Waals surface area contributed by atoms with Crippen LogP contribution in [0.3, 0.4) is 0 Å². The third-order valence-electron chi connectivity index (χ3n) is 11.2. The lowest BCUT2D eigenvalue weighted by Crippen LogP contribution is -2.67. The Kier molecular flexibility index (Phi) is 8.56. The quantitative estimate of drug-likeness (QED) is 0.149. The van der Waals surface area contributed by atoms with Crippen molar-refractivity contribution in [2.45, 2.75) is 77.7 Å². The number of pyridine rings is 1. The van der Waals surface area contributed by atoms with Crippen LogP contribution in [0, 0.1) is 0 Å². The molecule has 7 rings (SSSR count). The molecule has 0 radical (unpaired) electrons. The smallest absolute Gasteiger partial charge is 0.213 e. The van der Waals surface area contributed by atoms with Gasteiger partial charge in [0, 0.05) is 42.2 Å². The van der Waals surface area contributed by atoms with Crippen LogP contribution in [0.15, 0.2) is 128 Å². The van der Waals surface area contributed by atoms with E-state index < -0.39 is 0 Å². The van der Waals surface area contributed by atoms with E-state index in [1.807, 2.05) is 0 Å². The molecule has 0 saturated carbocycles. The molecule has 3 heterocycles. The first-order valence-corrected chi connectivity index (χ1v) is 17.7. The van der Waals surface area contributed by atoms with Crippen molar-refractivity contribution in [2.24, 2.45) is 0 Å². The van der Waals surface area contributed by atoms with Crippen molar-refractivity contribution in [3.63, 3.8) is 0 Å². The predicted molar refractivity (Wildman–Crippen MR) is 200 cm³/mol. The van der Waals surface area contributed by atoms with Gasteiger partial charge < -0.3 is 0 Å². The van der Waals surface area contributed by atoms with Gasteiger partial charge in [-0.1, -0.05) is 106 Å². The summed E-state index contributed by atoms with van der Waals surface area (Å²) < 4.78 is 2.53. The van der Waals surface area contributed by atoms with E-state index in [0.29, 0.717) is 0 Å². The van der Waals surface area contributed by atoms with Crippen molar-refractivity contribution in [1.29, 1.82) is 0 Å². The van der Waals surface area contributed by atoms with Crippen LogP contribution in [0.4, 0.5) is 0 Å². The topological polar surface area (TPSA) is 29.7 Å². The molecule has 4 aromatic carbocycles. The Morgan fingerprint density at radius 3 is 2.04 bits per heavy atom. The third kappa shape index (κ3) is 5.46. The fraction of sp³-hybridized carbons (Fsp3) is 0.267. The second-order valence-electron chi connectivity index (χ2n) is 13.7. The Hall–Kier alpha value is -4.89. The molecule has 1 aliphatic heterocycles. The molecule has 3 heteroatoms. The maximum absolute atomic E-state index is 5.20. The Balaban J connectivity index is 1.34. The number of rotatable bonds is 9. The minimum absolute atomic E-state index is 0.00639. The van der Waals surface area contributed by atoms with E-state index >= 15 is 0 Å². The number of benzene rings is 4. The van der Waals surface area contributed by atoms with Gasteiger partial charge in [0.25, 0.3) is 0 Å². The van der Waals surface area contributed by atoms with E-state index in [9.17, 15) is 0 Å². The SMILES string of the molecule is CCCCc1cccc(-c2cc(-c3ccccc3)nc(-c3cccc(-c4ccc5c(c4)-c4cccc[n+]4C(C)(CC)C5(C)CC)c3)n2)c1. The fourth-order valence-electron chi connectivity index (χ4n) is 7.78. The van der Waals surface area contributed by atoms with Gasteiger partial charge in [-0.05, 0) is 78.8 Å². The number of fused-ring (bicyclic) bond motifs is 3. The average Bonchev–Trinajstić information content (AvgIpc) is 3.16. The molecule has 2 unspecified atom stereocenters. The summed E-state index contributed by atoms with van der Waals surface area (Å²) in [5.74, 6) is 0.739. The normalized spacial score (nSPS) is 18.3. The summed E-state index contributed by atoms with van der Waals surface area (Å²) >= 11 is 0. The summed E-state index contributed by atoms with van der Waals surface area (Å²) in [6.45, 7) is 11.8. The number of hydrogen-bond donors (Lipinski definition) is 0. The third-order valence-corrected chi connectivity index (χ3v) is 11.2. The molecular weight excluding hydrogens is 583 g/mol. The second kappa shape index (κ2) is 13.0. The molecule has 0 N–H and O–H groups in total. The molecule has 0 spiro atoms. The Morgan fingerprint density at radius 1 is 0.583 bits per heavy atom. The van der Waals surface area contributed by atoms with Crippen LogP contribution in [0.2, 0.25) is 0 Å². The van der Waals surface area contributed by atoms with E-state index in [4.69, 9.17) is 9.97 Å². The molecule has 0 fully saturated rings. The molecule has 1 aliphatic rings. The maximum Gasteiger partial charge on any atom is 0.213 e. The molecule has 3 nitrogen and oxygen atoms in total. The van der Waals surface area contributed by atoms with E-state index in [1.54, 1.807) is 0 Å². The van der Waals surface area contributed by atoms with Gasteiger partial charge >= 0.3 is 0 Å². The van der Waals surface area contributed by atoms with Crippen molar-refractivity contribution in [2.75, 3.05) is 0 Å². The van der Waals surface area contributed by atoms with Crippen LogP contribution >= 0.6 is 0 Å². The molecule has 2 aromatic heterocycles. The largest absolute Gasteiger partial charge is 0.228 e. The standard InChI is InChI=1S/C45H46N3/c1-6-9-17-32-18-15-22-36(28-32)41-31-40(33-19-11-10-12-20-33)46-43(47-41)37-23-16-21-34(29-37)35-25-26-39-38(30-35)42-24-13-14-27-48(42)45(5,8-3)44(39,4)7-2/h10-16,18-31H,6-9,17H2,1-5H3/q+1. The number of nitrogens with zero attached hydrogens (tertiary/aromatic N) is 3. The van der Waals surface area contributed by atoms with Gasteiger partial charge in [-0.3, -0.25) is 0 Å². The van der Waals surface area contributed by atoms with E-state index in [-0.39, 0.29) is 11.0 Å². The first-order valence-electron chi connectivity index (χ1n) is 17.7. The molecular formula is C45H46N3+. The van der Waals surface area contributed by atoms with Crippen molar-refractivity contribution in [3.05, 3.63) is 139 Å². The monoisotopic (exact) mass is 628 g/mol. The Labute approximate surface area is 286 Å². The predicted octanol–water partition coefficient (Wildman–Crippen LogP) is 11.2. The zero-order chi connectivity index (χ0) is 33.3. The van der Waals surface area contributed by atoms with Crippen LogP contribution in [0.1, 0.15) is 71.4 Å². The minimum Gasteiger partial charge on any atom is -0.228 e. The Bertz CT molecular complexity index is 2080. The highest BCUT2D eigenvalue weighted by Crippen LogP contribution is 2.50. The second-order valence-corrected chi connectivity index (χ2v) is 13.7. The van der Waals surface area contributed by atoms with Crippen LogP contribution < -0.4 is 4.57 Å². The van der Waals surface area contributed by atoms with Gasteiger partial charge in [-0.15, -0.1) is 0 Å². The van der Waals surface area contributed by atoms with Gasteiger partial charge in [-0.25, -0.2) is 9.97 Å². The molecule has 240 valence electrons. The van der Waals surface area contributed by atoms with Crippen molar-refractivity contribution >= 4 is 0 Å². The lowest BCUT2D eigenvalue weighted by molar-refractivity contribution is -0.765. The summed E-state index contributed by atoms with van der Waals surface area (Å²) in [5, 5.41) is 0. The average molecular weight is 629 g/mol. The molecule has 2 atom stereocenters. The fourth-order valence-corrected chi connectivity index (χ4v) is 7.78. The molecule has 0 amide bonds. The van der Waals surface area contributed by atoms with E-state index in [2.05, 4.69) is 167 Å². The number of hydrogen-bond acceptors (Lipinski definition) is 2. The van der Waals surface area contributed by atoms with Gasteiger partial charge in [0.1, 0.15) is 0 Å². The van der Waals surface area contributed by atoms with E-state index in [1.165, 1.54) is 40.8 Å². The highest BCUT2D eigenvalue weighted by molar-refractivity contribution is 5.78. The zero-order valence-corrected chi connectivity index (χ0v) is 29.0. The molecule has 0 bridgehead atoms. The zero-order valence-electron chi connectivity index (χ0n) is 29.0. The minimum atomic E-state index is -0.0128. The summed E-state index contributed by atoms with van der Waals surface area (Å²) in [6, 6.07) is 43.9. The highest BCUT2D eigenvalue weighted by Gasteiger charge is 2.56. The van der Waals surface area contributed by atoms with Crippen LogP contribution in [0.25, 0.3) is 56.3 Å². The van der Waals surface area contributed by atoms with E-state index in [0.717, 1.165) is 58.7 Å². The van der Waals surface area contributed by atoms with Gasteiger partial charge in [0.05, 0.1) is 22.4 Å².